The lowest BCUT2D eigenvalue weighted by atomic mass is 9.97. The molecule has 1 fully saturated rings. The Morgan fingerprint density at radius 3 is 2.90 bits per heavy atom. The lowest BCUT2D eigenvalue weighted by Gasteiger charge is -2.40. The minimum Gasteiger partial charge on any atom is -0.496 e. The molecule has 0 saturated carbocycles. The van der Waals surface area contributed by atoms with Gasteiger partial charge in [-0.2, -0.15) is 0 Å². The number of para-hydroxylation sites is 1. The number of benzene rings is 1. The first-order valence-electron chi connectivity index (χ1n) is 7.02. The fourth-order valence-electron chi connectivity index (χ4n) is 2.83. The molecular formula is C15H24N2O3. The maximum absolute atomic E-state index is 9.29. The average Bonchev–Trinajstić information content (AvgIpc) is 2.48. The number of nitrogens with zero attached hydrogens (tertiary/aromatic N) is 1. The molecule has 3 unspecified atom stereocenters. The van der Waals surface area contributed by atoms with Gasteiger partial charge in [-0.25, -0.2) is 0 Å². The highest BCUT2D eigenvalue weighted by molar-refractivity contribution is 5.36. The van der Waals surface area contributed by atoms with Gasteiger partial charge in [-0.05, 0) is 13.0 Å². The van der Waals surface area contributed by atoms with Crippen LogP contribution in [0.1, 0.15) is 18.5 Å². The Labute approximate surface area is 120 Å². The summed E-state index contributed by atoms with van der Waals surface area (Å²) < 4.78 is 11.0. The van der Waals surface area contributed by atoms with Crippen molar-refractivity contribution < 1.29 is 14.6 Å². The van der Waals surface area contributed by atoms with E-state index < -0.39 is 0 Å². The van der Waals surface area contributed by atoms with Crippen molar-refractivity contribution in [2.45, 2.75) is 25.1 Å². The van der Waals surface area contributed by atoms with E-state index in [1.165, 1.54) is 0 Å². The average molecular weight is 280 g/mol. The van der Waals surface area contributed by atoms with E-state index >= 15 is 0 Å². The molecule has 112 valence electrons. The Morgan fingerprint density at radius 1 is 1.50 bits per heavy atom. The highest BCUT2D eigenvalue weighted by Crippen LogP contribution is 2.32. The molecule has 0 bridgehead atoms. The second-order valence-electron chi connectivity index (χ2n) is 5.22. The summed E-state index contributed by atoms with van der Waals surface area (Å²) in [4.78, 5) is 2.27. The number of hydrogen-bond donors (Lipinski definition) is 2. The van der Waals surface area contributed by atoms with Crippen LogP contribution in [0.5, 0.6) is 5.75 Å². The molecule has 3 atom stereocenters. The molecule has 0 amide bonds. The summed E-state index contributed by atoms with van der Waals surface area (Å²) in [5.41, 5.74) is 7.30. The fraction of sp³-hybridized carbons (Fsp3) is 0.600. The number of morpholine rings is 1. The summed E-state index contributed by atoms with van der Waals surface area (Å²) in [6.45, 7) is 4.14. The van der Waals surface area contributed by atoms with E-state index in [0.29, 0.717) is 13.2 Å². The number of aliphatic hydroxyl groups excluding tert-OH is 1. The summed E-state index contributed by atoms with van der Waals surface area (Å²) in [5.74, 6) is 0.849. The summed E-state index contributed by atoms with van der Waals surface area (Å²) in [7, 11) is 1.67. The van der Waals surface area contributed by atoms with E-state index in [4.69, 9.17) is 15.2 Å². The predicted molar refractivity (Wildman–Crippen MR) is 77.8 cm³/mol. The van der Waals surface area contributed by atoms with Gasteiger partial charge in [0.15, 0.2) is 0 Å². The van der Waals surface area contributed by atoms with Crippen LogP contribution in [0.25, 0.3) is 0 Å². The monoisotopic (exact) mass is 280 g/mol. The molecule has 1 aliphatic heterocycles. The maximum atomic E-state index is 9.29. The summed E-state index contributed by atoms with van der Waals surface area (Å²) in [6, 6.07) is 7.98. The molecule has 0 aliphatic carbocycles. The van der Waals surface area contributed by atoms with Crippen LogP contribution in [0.2, 0.25) is 0 Å². The van der Waals surface area contributed by atoms with Gasteiger partial charge in [-0.15, -0.1) is 0 Å². The zero-order valence-electron chi connectivity index (χ0n) is 12.2. The van der Waals surface area contributed by atoms with Crippen molar-refractivity contribution in [3.05, 3.63) is 29.8 Å². The highest BCUT2D eigenvalue weighted by atomic mass is 16.5. The van der Waals surface area contributed by atoms with Crippen LogP contribution in [0, 0.1) is 0 Å². The Balaban J connectivity index is 2.26. The first kappa shape index (κ1) is 15.3. The van der Waals surface area contributed by atoms with E-state index in [0.717, 1.165) is 17.9 Å². The Kier molecular flexibility index (Phi) is 5.37. The quantitative estimate of drug-likeness (QED) is 0.834. The number of nitrogens with two attached hydrogens (primary N) is 1. The maximum Gasteiger partial charge on any atom is 0.123 e. The standard InChI is InChI=1S/C15H24N2O3/c1-11(16)15(13-5-3-4-6-14(13)19-2)17-7-8-20-12(9-17)10-18/h3-6,11-12,15,18H,7-10,16H2,1-2H3. The van der Waals surface area contributed by atoms with Crippen LogP contribution in [0.3, 0.4) is 0 Å². The lowest BCUT2D eigenvalue weighted by Crippen LogP contribution is -2.49. The molecule has 0 radical (unpaired) electrons. The SMILES string of the molecule is COc1ccccc1C(C(C)N)N1CCOC(CO)C1. The van der Waals surface area contributed by atoms with Gasteiger partial charge >= 0.3 is 0 Å². The van der Waals surface area contributed by atoms with Gasteiger partial charge in [0.2, 0.25) is 0 Å². The van der Waals surface area contributed by atoms with Crippen molar-refractivity contribution >= 4 is 0 Å². The molecular weight excluding hydrogens is 256 g/mol. The van der Waals surface area contributed by atoms with E-state index in [9.17, 15) is 5.11 Å². The van der Waals surface area contributed by atoms with Crippen molar-refractivity contribution in [2.24, 2.45) is 5.73 Å². The van der Waals surface area contributed by atoms with Gasteiger partial charge in [-0.1, -0.05) is 18.2 Å². The summed E-state index contributed by atoms with van der Waals surface area (Å²) in [5, 5.41) is 9.29. The Hall–Kier alpha value is -1.14. The second-order valence-corrected chi connectivity index (χ2v) is 5.22. The van der Waals surface area contributed by atoms with Crippen molar-refractivity contribution in [3.63, 3.8) is 0 Å². The van der Waals surface area contributed by atoms with Crippen molar-refractivity contribution in [1.29, 1.82) is 0 Å². The smallest absolute Gasteiger partial charge is 0.123 e. The summed E-state index contributed by atoms with van der Waals surface area (Å²) >= 11 is 0. The molecule has 20 heavy (non-hydrogen) atoms. The van der Waals surface area contributed by atoms with E-state index in [2.05, 4.69) is 11.0 Å². The first-order valence-corrected chi connectivity index (χ1v) is 7.02. The van der Waals surface area contributed by atoms with Gasteiger partial charge in [-0.3, -0.25) is 4.90 Å². The van der Waals surface area contributed by atoms with Gasteiger partial charge in [0.05, 0.1) is 32.5 Å². The van der Waals surface area contributed by atoms with Crippen LogP contribution in [0.4, 0.5) is 0 Å². The zero-order chi connectivity index (χ0) is 14.5. The number of rotatable bonds is 5. The molecule has 0 aromatic heterocycles. The van der Waals surface area contributed by atoms with Crippen LogP contribution < -0.4 is 10.5 Å². The normalized spacial score (nSPS) is 23.3. The molecule has 3 N–H and O–H groups in total. The largest absolute Gasteiger partial charge is 0.496 e. The molecule has 5 heteroatoms. The van der Waals surface area contributed by atoms with Crippen molar-refractivity contribution in [1.82, 2.24) is 4.90 Å². The highest BCUT2D eigenvalue weighted by Gasteiger charge is 2.31. The van der Waals surface area contributed by atoms with Gasteiger partial charge < -0.3 is 20.3 Å². The number of ether oxygens (including phenoxy) is 2. The number of aliphatic hydroxyl groups is 1. The van der Waals surface area contributed by atoms with Crippen LogP contribution in [-0.2, 0) is 4.74 Å². The third-order valence-electron chi connectivity index (χ3n) is 3.72. The molecule has 1 aromatic carbocycles. The van der Waals surface area contributed by atoms with Crippen molar-refractivity contribution in [2.75, 3.05) is 33.4 Å². The van der Waals surface area contributed by atoms with Gasteiger partial charge in [0, 0.05) is 24.7 Å². The topological polar surface area (TPSA) is 68.0 Å². The molecule has 0 spiro atoms. The Bertz CT molecular complexity index is 425. The van der Waals surface area contributed by atoms with E-state index in [1.54, 1.807) is 7.11 Å². The van der Waals surface area contributed by atoms with Gasteiger partial charge in [0.1, 0.15) is 5.75 Å². The Morgan fingerprint density at radius 2 is 2.25 bits per heavy atom. The lowest BCUT2D eigenvalue weighted by molar-refractivity contribution is -0.0677. The van der Waals surface area contributed by atoms with E-state index in [1.807, 2.05) is 25.1 Å². The molecule has 5 nitrogen and oxygen atoms in total. The third-order valence-corrected chi connectivity index (χ3v) is 3.72. The molecule has 1 heterocycles. The van der Waals surface area contributed by atoms with Crippen LogP contribution in [-0.4, -0.2) is 55.6 Å². The van der Waals surface area contributed by atoms with Crippen LogP contribution in [0.15, 0.2) is 24.3 Å². The molecule has 1 aromatic rings. The number of methoxy groups -OCH3 is 1. The molecule has 1 saturated heterocycles. The molecule has 1 aliphatic rings. The van der Waals surface area contributed by atoms with Gasteiger partial charge in [0.25, 0.3) is 0 Å². The number of hydrogen-bond acceptors (Lipinski definition) is 5. The predicted octanol–water partition coefficient (Wildman–Crippen LogP) is 0.777. The van der Waals surface area contributed by atoms with Crippen LogP contribution >= 0.6 is 0 Å². The van der Waals surface area contributed by atoms with E-state index in [-0.39, 0.29) is 24.8 Å². The second kappa shape index (κ2) is 7.04. The fourth-order valence-corrected chi connectivity index (χ4v) is 2.83. The minimum atomic E-state index is -0.139. The first-order chi connectivity index (χ1) is 9.67. The zero-order valence-corrected chi connectivity index (χ0v) is 12.2. The molecule has 2 rings (SSSR count). The van der Waals surface area contributed by atoms with Crippen molar-refractivity contribution in [3.8, 4) is 5.75 Å². The third kappa shape index (κ3) is 3.30. The minimum absolute atomic E-state index is 0.0358. The summed E-state index contributed by atoms with van der Waals surface area (Å²) in [6.07, 6.45) is -0.139.